The van der Waals surface area contributed by atoms with Crippen molar-refractivity contribution < 1.29 is 4.79 Å². The van der Waals surface area contributed by atoms with E-state index in [0.717, 1.165) is 18.6 Å². The molecule has 104 valence electrons. The number of carbonyl (C=O) groups excluding carboxylic acids is 1. The number of amides is 1. The second kappa shape index (κ2) is 6.93. The van der Waals surface area contributed by atoms with E-state index in [-0.39, 0.29) is 26.6 Å². The lowest BCUT2D eigenvalue weighted by Crippen LogP contribution is -2.21. The molecule has 3 N–H and O–H groups in total. The predicted molar refractivity (Wildman–Crippen MR) is 79.2 cm³/mol. The molecule has 0 aromatic carbocycles. The average molecular weight is 324 g/mol. The summed E-state index contributed by atoms with van der Waals surface area (Å²) >= 11 is 17.4. The van der Waals surface area contributed by atoms with Gasteiger partial charge in [-0.1, -0.05) is 48.1 Å². The first-order valence-electron chi connectivity index (χ1n) is 5.51. The van der Waals surface area contributed by atoms with E-state index in [4.69, 9.17) is 40.5 Å². The largest absolute Gasteiger partial charge is 0.396 e. The van der Waals surface area contributed by atoms with Gasteiger partial charge in [0.05, 0.1) is 10.7 Å². The maximum absolute atomic E-state index is 11.9. The Morgan fingerprint density at radius 3 is 2.58 bits per heavy atom. The van der Waals surface area contributed by atoms with Gasteiger partial charge in [-0.3, -0.25) is 4.79 Å². The fourth-order valence-corrected chi connectivity index (χ4v) is 1.89. The van der Waals surface area contributed by atoms with Crippen LogP contribution in [0.3, 0.4) is 0 Å². The Morgan fingerprint density at radius 2 is 2.00 bits per heavy atom. The molecule has 1 amide bonds. The van der Waals surface area contributed by atoms with E-state index in [9.17, 15) is 4.79 Å². The molecule has 0 aliphatic heterocycles. The van der Waals surface area contributed by atoms with E-state index in [2.05, 4.69) is 15.5 Å². The molecule has 19 heavy (non-hydrogen) atoms. The zero-order valence-electron chi connectivity index (χ0n) is 10.4. The van der Waals surface area contributed by atoms with Crippen molar-refractivity contribution in [1.82, 2.24) is 10.4 Å². The number of nitrogens with one attached hydrogen (secondary N) is 1. The van der Waals surface area contributed by atoms with E-state index >= 15 is 0 Å². The predicted octanol–water partition coefficient (Wildman–Crippen LogP) is 3.53. The first kappa shape index (κ1) is 16.0. The summed E-state index contributed by atoms with van der Waals surface area (Å²) < 4.78 is 0. The maximum atomic E-state index is 11.9. The van der Waals surface area contributed by atoms with Crippen molar-refractivity contribution in [2.45, 2.75) is 26.7 Å². The molecule has 0 radical (unpaired) electrons. The van der Waals surface area contributed by atoms with Crippen LogP contribution in [0, 0.1) is 0 Å². The summed E-state index contributed by atoms with van der Waals surface area (Å²) in [4.78, 5) is 15.7. The zero-order chi connectivity index (χ0) is 14.6. The quantitative estimate of drug-likeness (QED) is 0.505. The van der Waals surface area contributed by atoms with Gasteiger partial charge in [-0.25, -0.2) is 10.4 Å². The molecule has 1 rings (SSSR count). The third-order valence-electron chi connectivity index (χ3n) is 2.25. The molecule has 1 aromatic heterocycles. The number of pyridine rings is 1. The highest BCUT2D eigenvalue weighted by Crippen LogP contribution is 2.34. The topological polar surface area (TPSA) is 80.4 Å². The molecule has 0 unspecified atom stereocenters. The summed E-state index contributed by atoms with van der Waals surface area (Å²) in [5.41, 5.74) is 8.66. The molecule has 1 aromatic rings. The molecule has 5 nitrogen and oxygen atoms in total. The van der Waals surface area contributed by atoms with Crippen molar-refractivity contribution >= 4 is 52.1 Å². The molecule has 0 bridgehead atoms. The van der Waals surface area contributed by atoms with Crippen LogP contribution in [0.2, 0.25) is 15.2 Å². The van der Waals surface area contributed by atoms with Crippen molar-refractivity contribution in [2.75, 3.05) is 5.73 Å². The van der Waals surface area contributed by atoms with E-state index in [0.29, 0.717) is 0 Å². The zero-order valence-corrected chi connectivity index (χ0v) is 12.7. The minimum Gasteiger partial charge on any atom is -0.396 e. The van der Waals surface area contributed by atoms with Gasteiger partial charge < -0.3 is 5.73 Å². The number of anilines is 1. The van der Waals surface area contributed by atoms with E-state index in [1.54, 1.807) is 0 Å². The highest BCUT2D eigenvalue weighted by atomic mass is 35.5. The van der Waals surface area contributed by atoms with E-state index in [1.165, 1.54) is 0 Å². The number of hydrazone groups is 1. The molecule has 0 saturated heterocycles. The van der Waals surface area contributed by atoms with Crippen LogP contribution in [-0.2, 0) is 0 Å². The molecule has 1 heterocycles. The van der Waals surface area contributed by atoms with Gasteiger partial charge in [-0.2, -0.15) is 5.10 Å². The monoisotopic (exact) mass is 322 g/mol. The van der Waals surface area contributed by atoms with E-state index < -0.39 is 5.91 Å². The summed E-state index contributed by atoms with van der Waals surface area (Å²) in [5, 5.41) is 3.81. The van der Waals surface area contributed by atoms with Crippen LogP contribution in [0.4, 0.5) is 5.69 Å². The molecule has 0 saturated carbocycles. The van der Waals surface area contributed by atoms with Gasteiger partial charge in [0.1, 0.15) is 5.02 Å². The van der Waals surface area contributed by atoms with Crippen LogP contribution in [0.1, 0.15) is 37.2 Å². The number of carbonyl (C=O) groups is 1. The van der Waals surface area contributed by atoms with Gasteiger partial charge in [0.25, 0.3) is 5.91 Å². The Hall–Kier alpha value is -1.04. The van der Waals surface area contributed by atoms with Gasteiger partial charge in [0.2, 0.25) is 0 Å². The Morgan fingerprint density at radius 1 is 1.37 bits per heavy atom. The lowest BCUT2D eigenvalue weighted by Gasteiger charge is -2.08. The fourth-order valence-electron chi connectivity index (χ4n) is 1.30. The second-order valence-electron chi connectivity index (χ2n) is 3.83. The Balaban J connectivity index is 2.98. The molecule has 0 fully saturated rings. The fraction of sp³-hybridized carbons (Fsp3) is 0.364. The Kier molecular flexibility index (Phi) is 5.85. The normalized spacial score (nSPS) is 11.5. The number of aromatic nitrogens is 1. The minimum absolute atomic E-state index is 0.0164. The maximum Gasteiger partial charge on any atom is 0.291 e. The second-order valence-corrected chi connectivity index (χ2v) is 4.94. The summed E-state index contributed by atoms with van der Waals surface area (Å²) in [7, 11) is 0. The van der Waals surface area contributed by atoms with Crippen molar-refractivity contribution in [3.63, 3.8) is 0 Å². The van der Waals surface area contributed by atoms with Gasteiger partial charge in [0, 0.05) is 5.71 Å². The summed E-state index contributed by atoms with van der Waals surface area (Å²) in [6, 6.07) is 0. The highest BCUT2D eigenvalue weighted by molar-refractivity contribution is 6.46. The van der Waals surface area contributed by atoms with Crippen LogP contribution in [0.5, 0.6) is 0 Å². The Bertz CT molecular complexity index is 531. The van der Waals surface area contributed by atoms with Crippen LogP contribution < -0.4 is 11.2 Å². The summed E-state index contributed by atoms with van der Waals surface area (Å²) in [6.07, 6.45) is 1.72. The molecule has 0 aliphatic carbocycles. The first-order valence-corrected chi connectivity index (χ1v) is 6.65. The molecule has 0 spiro atoms. The number of halogens is 3. The first-order chi connectivity index (χ1) is 8.88. The molecule has 8 heteroatoms. The summed E-state index contributed by atoms with van der Waals surface area (Å²) in [6.45, 7) is 3.82. The van der Waals surface area contributed by atoms with Gasteiger partial charge in [0.15, 0.2) is 10.8 Å². The van der Waals surface area contributed by atoms with E-state index in [1.807, 2.05) is 13.8 Å². The van der Waals surface area contributed by atoms with Gasteiger partial charge in [-0.05, 0) is 13.3 Å². The number of nitrogens with zero attached hydrogens (tertiary/aromatic N) is 2. The third kappa shape index (κ3) is 3.96. The van der Waals surface area contributed by atoms with Gasteiger partial charge in [-0.15, -0.1) is 0 Å². The number of nitrogens with two attached hydrogens (primary N) is 1. The number of nitrogen functional groups attached to an aromatic ring is 1. The summed E-state index contributed by atoms with van der Waals surface area (Å²) in [5.74, 6) is -0.592. The highest BCUT2D eigenvalue weighted by Gasteiger charge is 2.19. The smallest absolute Gasteiger partial charge is 0.291 e. The van der Waals surface area contributed by atoms with Crippen LogP contribution >= 0.6 is 34.8 Å². The average Bonchev–Trinajstić information content (AvgIpc) is 2.38. The van der Waals surface area contributed by atoms with Crippen LogP contribution in [-0.4, -0.2) is 16.6 Å². The molecular weight excluding hydrogens is 311 g/mol. The SMILES string of the molecule is CCC/C(C)=N\NC(=O)c1nc(Cl)c(Cl)c(N)c1Cl. The van der Waals surface area contributed by atoms with Crippen LogP contribution in [0.25, 0.3) is 0 Å². The van der Waals surface area contributed by atoms with Crippen molar-refractivity contribution in [2.24, 2.45) is 5.10 Å². The van der Waals surface area contributed by atoms with Crippen LogP contribution in [0.15, 0.2) is 5.10 Å². The van der Waals surface area contributed by atoms with Crippen molar-refractivity contribution in [3.8, 4) is 0 Å². The number of rotatable bonds is 4. The van der Waals surface area contributed by atoms with Crippen molar-refractivity contribution in [3.05, 3.63) is 20.9 Å². The van der Waals surface area contributed by atoms with Crippen molar-refractivity contribution in [1.29, 1.82) is 0 Å². The molecular formula is C11H13Cl3N4O. The standard InChI is InChI=1S/C11H13Cl3N4O/c1-3-4-5(2)17-18-11(19)9-6(12)8(15)7(13)10(14)16-9/h3-4H2,1-2H3,(H2,15,16)(H,18,19)/b17-5-. The lowest BCUT2D eigenvalue weighted by atomic mass is 10.2. The van der Waals surface area contributed by atoms with Gasteiger partial charge >= 0.3 is 0 Å². The Labute approximate surface area is 126 Å². The number of hydrogen-bond acceptors (Lipinski definition) is 4. The molecule has 0 atom stereocenters. The number of hydrogen-bond donors (Lipinski definition) is 2. The lowest BCUT2D eigenvalue weighted by molar-refractivity contribution is 0.0950. The third-order valence-corrected chi connectivity index (χ3v) is 3.38. The minimum atomic E-state index is -0.592. The molecule has 0 aliphatic rings.